The summed E-state index contributed by atoms with van der Waals surface area (Å²) < 4.78 is 15.1. The molecule has 1 aromatic heterocycles. The molecule has 0 saturated heterocycles. The summed E-state index contributed by atoms with van der Waals surface area (Å²) >= 11 is 0. The second kappa shape index (κ2) is 5.12. The number of anilines is 1. The van der Waals surface area contributed by atoms with E-state index < -0.39 is 0 Å². The molecule has 0 spiro atoms. The van der Waals surface area contributed by atoms with Gasteiger partial charge in [-0.1, -0.05) is 19.1 Å². The molecule has 2 aromatic rings. The molecule has 0 fully saturated rings. The minimum Gasteiger partial charge on any atom is -0.309 e. The molecule has 0 atom stereocenters. The summed E-state index contributed by atoms with van der Waals surface area (Å²) in [6.45, 7) is 2.00. The Hall–Kier alpha value is -2.50. The minimum absolute atomic E-state index is 0.0175. The fraction of sp³-hybridized carbons (Fsp3) is 0.267. The number of nitrogens with one attached hydrogen (secondary N) is 1. The van der Waals surface area contributed by atoms with Gasteiger partial charge >= 0.3 is 0 Å². The van der Waals surface area contributed by atoms with Crippen LogP contribution in [0.25, 0.3) is 0 Å². The van der Waals surface area contributed by atoms with Crippen LogP contribution >= 0.6 is 0 Å². The summed E-state index contributed by atoms with van der Waals surface area (Å²) in [5.74, 6) is 0.0767. The molecule has 0 bridgehead atoms. The van der Waals surface area contributed by atoms with Crippen molar-refractivity contribution >= 4 is 17.4 Å². The van der Waals surface area contributed by atoms with E-state index in [-0.39, 0.29) is 18.3 Å². The van der Waals surface area contributed by atoms with Crippen molar-refractivity contribution in [1.29, 1.82) is 0 Å². The van der Waals surface area contributed by atoms with Crippen LogP contribution in [0.15, 0.2) is 29.3 Å². The number of carbonyl (C=O) groups excluding carboxylic acids is 1. The van der Waals surface area contributed by atoms with Crippen molar-refractivity contribution in [2.75, 3.05) is 11.9 Å². The fourth-order valence-corrected chi connectivity index (χ4v) is 2.49. The lowest BCUT2D eigenvalue weighted by molar-refractivity contribution is -0.114. The third kappa shape index (κ3) is 2.33. The van der Waals surface area contributed by atoms with Crippen LogP contribution in [-0.4, -0.2) is 27.9 Å². The van der Waals surface area contributed by atoms with Gasteiger partial charge in [-0.15, -0.1) is 0 Å². The summed E-state index contributed by atoms with van der Waals surface area (Å²) in [4.78, 5) is 16.2. The first-order chi connectivity index (χ1) is 10.1. The minimum atomic E-state index is -0.331. The first-order valence-corrected chi connectivity index (χ1v) is 6.76. The van der Waals surface area contributed by atoms with Gasteiger partial charge in [0.25, 0.3) is 0 Å². The second-order valence-corrected chi connectivity index (χ2v) is 4.87. The Morgan fingerprint density at radius 2 is 2.24 bits per heavy atom. The molecule has 0 radical (unpaired) electrons. The SMILES string of the molecule is CCc1nn(C)c2c1C(c1cccc(F)c1)=NCC(=O)N2. The molecule has 0 unspecified atom stereocenters. The number of benzene rings is 1. The Morgan fingerprint density at radius 1 is 1.43 bits per heavy atom. The van der Waals surface area contributed by atoms with Crippen LogP contribution in [0.1, 0.15) is 23.7 Å². The highest BCUT2D eigenvalue weighted by atomic mass is 19.1. The Morgan fingerprint density at radius 3 is 2.95 bits per heavy atom. The van der Waals surface area contributed by atoms with E-state index in [9.17, 15) is 9.18 Å². The van der Waals surface area contributed by atoms with Gasteiger partial charge in [0.05, 0.1) is 17.0 Å². The van der Waals surface area contributed by atoms with Gasteiger partial charge < -0.3 is 5.32 Å². The van der Waals surface area contributed by atoms with Crippen molar-refractivity contribution in [2.24, 2.45) is 12.0 Å². The maximum atomic E-state index is 13.5. The number of halogens is 1. The van der Waals surface area contributed by atoms with E-state index in [2.05, 4.69) is 15.4 Å². The van der Waals surface area contributed by atoms with Crippen LogP contribution in [0.4, 0.5) is 10.2 Å². The lowest BCUT2D eigenvalue weighted by Crippen LogP contribution is -2.16. The maximum Gasteiger partial charge on any atom is 0.247 e. The number of aliphatic imine (C=N–C) groups is 1. The van der Waals surface area contributed by atoms with Crippen molar-refractivity contribution in [1.82, 2.24) is 9.78 Å². The molecule has 3 rings (SSSR count). The quantitative estimate of drug-likeness (QED) is 0.916. The number of hydrogen-bond donors (Lipinski definition) is 1. The Bertz CT molecular complexity index is 748. The van der Waals surface area contributed by atoms with Gasteiger partial charge in [0.2, 0.25) is 5.91 Å². The van der Waals surface area contributed by atoms with E-state index in [4.69, 9.17) is 0 Å². The van der Waals surface area contributed by atoms with Crippen LogP contribution in [0.3, 0.4) is 0 Å². The maximum absolute atomic E-state index is 13.5. The molecule has 2 heterocycles. The summed E-state index contributed by atoms with van der Waals surface area (Å²) in [5, 5.41) is 7.23. The van der Waals surface area contributed by atoms with Crippen LogP contribution < -0.4 is 5.32 Å². The van der Waals surface area contributed by atoms with E-state index in [0.29, 0.717) is 23.5 Å². The van der Waals surface area contributed by atoms with E-state index >= 15 is 0 Å². The van der Waals surface area contributed by atoms with Crippen molar-refractivity contribution in [3.05, 3.63) is 46.9 Å². The van der Waals surface area contributed by atoms with E-state index in [1.54, 1.807) is 23.9 Å². The van der Waals surface area contributed by atoms with Crippen molar-refractivity contribution < 1.29 is 9.18 Å². The number of carbonyl (C=O) groups is 1. The van der Waals surface area contributed by atoms with Crippen LogP contribution in [-0.2, 0) is 18.3 Å². The number of hydrogen-bond acceptors (Lipinski definition) is 3. The molecule has 108 valence electrons. The summed E-state index contributed by atoms with van der Waals surface area (Å²) in [7, 11) is 1.77. The zero-order chi connectivity index (χ0) is 15.0. The molecule has 6 heteroatoms. The number of fused-ring (bicyclic) bond motifs is 1. The Kier molecular flexibility index (Phi) is 3.29. The van der Waals surface area contributed by atoms with Crippen molar-refractivity contribution in [3.63, 3.8) is 0 Å². The van der Waals surface area contributed by atoms with E-state index in [1.807, 2.05) is 6.92 Å². The number of nitrogens with zero attached hydrogens (tertiary/aromatic N) is 3. The lowest BCUT2D eigenvalue weighted by Gasteiger charge is -2.07. The average molecular weight is 286 g/mol. The zero-order valence-corrected chi connectivity index (χ0v) is 11.9. The average Bonchev–Trinajstić information content (AvgIpc) is 2.66. The monoisotopic (exact) mass is 286 g/mol. The summed E-state index contributed by atoms with van der Waals surface area (Å²) in [5.41, 5.74) is 2.86. The molecule has 1 aliphatic rings. The molecule has 1 aliphatic heterocycles. The third-order valence-corrected chi connectivity index (χ3v) is 3.43. The predicted molar refractivity (Wildman–Crippen MR) is 78.1 cm³/mol. The largest absolute Gasteiger partial charge is 0.309 e. The second-order valence-electron chi connectivity index (χ2n) is 4.87. The normalized spacial score (nSPS) is 14.2. The van der Waals surface area contributed by atoms with Gasteiger partial charge in [-0.2, -0.15) is 5.10 Å². The standard InChI is InChI=1S/C15H15FN4O/c1-3-11-13-14(9-5-4-6-10(16)7-9)17-8-12(21)18-15(13)20(2)19-11/h4-7H,3,8H2,1-2H3,(H,18,21). The van der Waals surface area contributed by atoms with E-state index in [0.717, 1.165) is 11.3 Å². The molecule has 5 nitrogen and oxygen atoms in total. The smallest absolute Gasteiger partial charge is 0.247 e. The van der Waals surface area contributed by atoms with Crippen LogP contribution in [0, 0.1) is 5.82 Å². The number of aromatic nitrogens is 2. The van der Waals surface area contributed by atoms with Crippen LogP contribution in [0.5, 0.6) is 0 Å². The lowest BCUT2D eigenvalue weighted by atomic mass is 10.0. The van der Waals surface area contributed by atoms with Gasteiger partial charge in [0.15, 0.2) is 0 Å². The first kappa shape index (κ1) is 13.5. The van der Waals surface area contributed by atoms with Gasteiger partial charge in [0.1, 0.15) is 18.2 Å². The summed E-state index contributed by atoms with van der Waals surface area (Å²) in [6, 6.07) is 6.23. The predicted octanol–water partition coefficient (Wildman–Crippen LogP) is 1.91. The number of aryl methyl sites for hydroxylation is 2. The highest BCUT2D eigenvalue weighted by Crippen LogP contribution is 2.26. The molecule has 1 amide bonds. The Labute approximate surface area is 121 Å². The van der Waals surface area contributed by atoms with Crippen molar-refractivity contribution in [2.45, 2.75) is 13.3 Å². The molecule has 1 N–H and O–H groups in total. The van der Waals surface area contributed by atoms with E-state index in [1.165, 1.54) is 12.1 Å². The fourth-order valence-electron chi connectivity index (χ4n) is 2.49. The molecule has 0 saturated carbocycles. The Balaban J connectivity index is 2.24. The molecule has 1 aromatic carbocycles. The third-order valence-electron chi connectivity index (χ3n) is 3.43. The first-order valence-electron chi connectivity index (χ1n) is 6.76. The topological polar surface area (TPSA) is 59.3 Å². The highest BCUT2D eigenvalue weighted by Gasteiger charge is 2.25. The highest BCUT2D eigenvalue weighted by molar-refractivity contribution is 6.19. The molecular weight excluding hydrogens is 271 g/mol. The van der Waals surface area contributed by atoms with Gasteiger partial charge in [-0.25, -0.2) is 4.39 Å². The number of amides is 1. The van der Waals surface area contributed by atoms with Crippen molar-refractivity contribution in [3.8, 4) is 0 Å². The van der Waals surface area contributed by atoms with Crippen LogP contribution in [0.2, 0.25) is 0 Å². The van der Waals surface area contributed by atoms with Gasteiger partial charge in [-0.05, 0) is 18.6 Å². The molecule has 21 heavy (non-hydrogen) atoms. The molecular formula is C15H15FN4O. The van der Waals surface area contributed by atoms with Gasteiger partial charge in [0, 0.05) is 12.6 Å². The summed E-state index contributed by atoms with van der Waals surface area (Å²) in [6.07, 6.45) is 0.702. The number of rotatable bonds is 2. The zero-order valence-electron chi connectivity index (χ0n) is 11.9. The molecule has 0 aliphatic carbocycles. The van der Waals surface area contributed by atoms with Gasteiger partial charge in [-0.3, -0.25) is 14.5 Å².